The van der Waals surface area contributed by atoms with E-state index in [0.29, 0.717) is 11.3 Å². The molecule has 0 fully saturated rings. The standard InChI is InChI=1S/C29H41N3O5S/c1-17-12-10-13-18(2)22(17)31-25(34)23(20-15-11-14-19(3)24(20)33)32(28(4,5)6)26(35)21(16-38)30-27(36)37-29(7,8)9/h10-15,21,23,33,38H,16H2,1-9H3,(H,30,36)(H,31,34). The molecule has 3 amide bonds. The minimum atomic E-state index is -1.22. The van der Waals surface area contributed by atoms with E-state index in [1.54, 1.807) is 66.7 Å². The predicted octanol–water partition coefficient (Wildman–Crippen LogP) is 5.45. The highest BCUT2D eigenvalue weighted by atomic mass is 32.1. The normalized spacial score (nSPS) is 13.3. The number of alkyl carbamates (subject to hydrolysis) is 1. The highest BCUT2D eigenvalue weighted by Gasteiger charge is 2.43. The lowest BCUT2D eigenvalue weighted by atomic mass is 9.93. The SMILES string of the molecule is Cc1cccc(C(C(=O)Nc2c(C)cccc2C)N(C(=O)C(CS)NC(=O)OC(C)(C)C)C(C)(C)C)c1O. The summed E-state index contributed by atoms with van der Waals surface area (Å²) < 4.78 is 5.34. The molecule has 0 aliphatic rings. The number of thiol groups is 1. The Morgan fingerprint density at radius 2 is 1.47 bits per heavy atom. The van der Waals surface area contributed by atoms with Gasteiger partial charge in [-0.05, 0) is 79.0 Å². The molecule has 0 heterocycles. The minimum Gasteiger partial charge on any atom is -0.507 e. The first-order valence-corrected chi connectivity index (χ1v) is 13.2. The summed E-state index contributed by atoms with van der Waals surface area (Å²) in [5.74, 6) is -1.16. The second-order valence-corrected chi connectivity index (χ2v) is 11.8. The molecule has 0 aliphatic carbocycles. The van der Waals surface area contributed by atoms with Gasteiger partial charge in [-0.3, -0.25) is 9.59 Å². The zero-order valence-corrected chi connectivity index (χ0v) is 24.7. The third kappa shape index (κ3) is 7.66. The Kier molecular flexibility index (Phi) is 9.88. The number of phenols is 1. The second kappa shape index (κ2) is 12.1. The Morgan fingerprint density at radius 3 is 1.97 bits per heavy atom. The van der Waals surface area contributed by atoms with Crippen molar-refractivity contribution < 1.29 is 24.2 Å². The number of carbonyl (C=O) groups excluding carboxylic acids is 3. The van der Waals surface area contributed by atoms with Crippen LogP contribution in [0.25, 0.3) is 0 Å². The summed E-state index contributed by atoms with van der Waals surface area (Å²) in [6.45, 7) is 16.0. The van der Waals surface area contributed by atoms with E-state index >= 15 is 0 Å². The maximum absolute atomic E-state index is 14.1. The molecule has 2 unspecified atom stereocenters. The Bertz CT molecular complexity index is 1160. The lowest BCUT2D eigenvalue weighted by Gasteiger charge is -2.43. The number of nitrogens with zero attached hydrogens (tertiary/aromatic N) is 1. The van der Waals surface area contributed by atoms with Crippen LogP contribution in [0.5, 0.6) is 5.75 Å². The molecule has 0 aromatic heterocycles. The van der Waals surface area contributed by atoms with Crippen LogP contribution in [0.4, 0.5) is 10.5 Å². The number of hydrogen-bond donors (Lipinski definition) is 4. The number of para-hydroxylation sites is 2. The van der Waals surface area contributed by atoms with Crippen LogP contribution >= 0.6 is 12.6 Å². The molecule has 2 aromatic carbocycles. The Labute approximate surface area is 231 Å². The molecule has 0 radical (unpaired) electrons. The molecule has 0 spiro atoms. The molecular formula is C29H41N3O5S. The van der Waals surface area contributed by atoms with Gasteiger partial charge in [-0.2, -0.15) is 12.6 Å². The van der Waals surface area contributed by atoms with Gasteiger partial charge in [0.2, 0.25) is 5.91 Å². The van der Waals surface area contributed by atoms with Crippen LogP contribution in [0, 0.1) is 20.8 Å². The first kappa shape index (κ1) is 31.0. The summed E-state index contributed by atoms with van der Waals surface area (Å²) in [6.07, 6.45) is -0.770. The summed E-state index contributed by atoms with van der Waals surface area (Å²) in [6, 6.07) is 8.44. The van der Waals surface area contributed by atoms with Crippen molar-refractivity contribution in [1.82, 2.24) is 10.2 Å². The smallest absolute Gasteiger partial charge is 0.408 e. The van der Waals surface area contributed by atoms with E-state index in [0.717, 1.165) is 11.1 Å². The average molecular weight is 544 g/mol. The highest BCUT2D eigenvalue weighted by molar-refractivity contribution is 7.80. The van der Waals surface area contributed by atoms with Crippen LogP contribution in [0.2, 0.25) is 0 Å². The number of rotatable bonds is 7. The number of ether oxygens (including phenoxy) is 1. The molecule has 0 bridgehead atoms. The number of hydrogen-bond acceptors (Lipinski definition) is 6. The van der Waals surface area contributed by atoms with Gasteiger partial charge < -0.3 is 25.4 Å². The first-order chi connectivity index (χ1) is 17.5. The van der Waals surface area contributed by atoms with Gasteiger partial charge >= 0.3 is 6.09 Å². The Morgan fingerprint density at radius 1 is 0.947 bits per heavy atom. The van der Waals surface area contributed by atoms with Gasteiger partial charge in [0.25, 0.3) is 5.91 Å². The van der Waals surface area contributed by atoms with Gasteiger partial charge in [0.15, 0.2) is 0 Å². The van der Waals surface area contributed by atoms with Crippen molar-refractivity contribution >= 4 is 36.2 Å². The highest BCUT2D eigenvalue weighted by Crippen LogP contribution is 2.37. The number of nitrogens with one attached hydrogen (secondary N) is 2. The fraction of sp³-hybridized carbons (Fsp3) is 0.483. The van der Waals surface area contributed by atoms with Gasteiger partial charge in [-0.1, -0.05) is 36.4 Å². The topological polar surface area (TPSA) is 108 Å². The predicted molar refractivity (Wildman–Crippen MR) is 154 cm³/mol. The molecule has 2 rings (SSSR count). The van der Waals surface area contributed by atoms with Crippen LogP contribution in [0.15, 0.2) is 36.4 Å². The number of carbonyl (C=O) groups is 3. The average Bonchev–Trinajstić information content (AvgIpc) is 2.78. The maximum atomic E-state index is 14.1. The fourth-order valence-electron chi connectivity index (χ4n) is 4.15. The molecule has 208 valence electrons. The minimum absolute atomic E-state index is 0.0320. The van der Waals surface area contributed by atoms with Crippen molar-refractivity contribution in [3.05, 3.63) is 58.7 Å². The van der Waals surface area contributed by atoms with E-state index < -0.39 is 41.1 Å². The molecule has 2 aromatic rings. The van der Waals surface area contributed by atoms with Gasteiger partial charge in [-0.15, -0.1) is 0 Å². The van der Waals surface area contributed by atoms with Gasteiger partial charge in [0, 0.05) is 22.5 Å². The summed E-state index contributed by atoms with van der Waals surface area (Å²) in [5, 5.41) is 16.6. The maximum Gasteiger partial charge on any atom is 0.408 e. The summed E-state index contributed by atoms with van der Waals surface area (Å²) in [5.41, 5.74) is 1.52. The number of aryl methyl sites for hydroxylation is 3. The number of amides is 3. The summed E-state index contributed by atoms with van der Waals surface area (Å²) in [7, 11) is 0. The van der Waals surface area contributed by atoms with E-state index in [4.69, 9.17) is 4.74 Å². The molecule has 0 saturated carbocycles. The van der Waals surface area contributed by atoms with Crippen molar-refractivity contribution in [1.29, 1.82) is 0 Å². The molecule has 38 heavy (non-hydrogen) atoms. The largest absolute Gasteiger partial charge is 0.507 e. The van der Waals surface area contributed by atoms with Crippen molar-refractivity contribution in [3.63, 3.8) is 0 Å². The van der Waals surface area contributed by atoms with E-state index in [2.05, 4.69) is 23.3 Å². The number of phenolic OH excluding ortho intramolecular Hbond substituents is 1. The zero-order valence-electron chi connectivity index (χ0n) is 23.8. The quantitative estimate of drug-likeness (QED) is 0.348. The molecule has 3 N–H and O–H groups in total. The second-order valence-electron chi connectivity index (χ2n) is 11.4. The van der Waals surface area contributed by atoms with Crippen LogP contribution in [-0.2, 0) is 14.3 Å². The summed E-state index contributed by atoms with van der Waals surface area (Å²) in [4.78, 5) is 42.0. The van der Waals surface area contributed by atoms with Crippen molar-refractivity contribution in [3.8, 4) is 5.75 Å². The van der Waals surface area contributed by atoms with Crippen molar-refractivity contribution in [2.45, 2.75) is 85.5 Å². The third-order valence-corrected chi connectivity index (χ3v) is 6.30. The molecular weight excluding hydrogens is 502 g/mol. The van der Waals surface area contributed by atoms with Crippen LogP contribution in [0.1, 0.15) is 69.8 Å². The fourth-order valence-corrected chi connectivity index (χ4v) is 4.40. The van der Waals surface area contributed by atoms with E-state index in [-0.39, 0.29) is 17.1 Å². The van der Waals surface area contributed by atoms with Crippen LogP contribution < -0.4 is 10.6 Å². The van der Waals surface area contributed by atoms with Crippen molar-refractivity contribution in [2.75, 3.05) is 11.1 Å². The molecule has 2 atom stereocenters. The number of aromatic hydroxyl groups is 1. The van der Waals surface area contributed by atoms with E-state index in [1.165, 1.54) is 4.90 Å². The van der Waals surface area contributed by atoms with Gasteiger partial charge in [0.1, 0.15) is 23.4 Å². The van der Waals surface area contributed by atoms with Crippen molar-refractivity contribution in [2.24, 2.45) is 0 Å². The molecule has 9 heteroatoms. The third-order valence-electron chi connectivity index (χ3n) is 5.93. The lowest BCUT2D eigenvalue weighted by molar-refractivity contribution is -0.146. The van der Waals surface area contributed by atoms with E-state index in [9.17, 15) is 19.5 Å². The van der Waals surface area contributed by atoms with Crippen LogP contribution in [0.3, 0.4) is 0 Å². The molecule has 0 aliphatic heterocycles. The van der Waals surface area contributed by atoms with Crippen LogP contribution in [-0.4, -0.2) is 50.8 Å². The summed E-state index contributed by atoms with van der Waals surface area (Å²) >= 11 is 4.31. The Hall–Kier alpha value is -3.20. The number of benzene rings is 2. The first-order valence-electron chi connectivity index (χ1n) is 12.6. The lowest BCUT2D eigenvalue weighted by Crippen LogP contribution is -2.58. The monoisotopic (exact) mass is 543 g/mol. The van der Waals surface area contributed by atoms with Gasteiger partial charge in [-0.25, -0.2) is 4.79 Å². The Balaban J connectivity index is 2.64. The number of anilines is 1. The molecule has 0 saturated heterocycles. The van der Waals surface area contributed by atoms with Gasteiger partial charge in [0.05, 0.1) is 0 Å². The molecule has 8 nitrogen and oxygen atoms in total. The van der Waals surface area contributed by atoms with E-state index in [1.807, 2.05) is 32.0 Å². The zero-order chi connectivity index (χ0) is 29.0.